The molecule has 0 atom stereocenters. The fourth-order valence-electron chi connectivity index (χ4n) is 3.15. The lowest BCUT2D eigenvalue weighted by Crippen LogP contribution is -2.41. The van der Waals surface area contributed by atoms with Gasteiger partial charge in [0.1, 0.15) is 0 Å². The molecule has 1 aliphatic heterocycles. The molecule has 1 fully saturated rings. The minimum atomic E-state index is -0.282. The zero-order chi connectivity index (χ0) is 22.5. The van der Waals surface area contributed by atoms with Crippen LogP contribution in [-0.2, 0) is 9.53 Å². The maximum absolute atomic E-state index is 12.4. The lowest BCUT2D eigenvalue weighted by atomic mass is 10.1. The number of aromatic nitrogens is 1. The van der Waals surface area contributed by atoms with Crippen molar-refractivity contribution in [3.05, 3.63) is 63.5 Å². The lowest BCUT2D eigenvalue weighted by Gasteiger charge is -2.25. The average molecular weight is 491 g/mol. The van der Waals surface area contributed by atoms with E-state index < -0.39 is 0 Å². The molecule has 1 saturated heterocycles. The van der Waals surface area contributed by atoms with Gasteiger partial charge in [-0.2, -0.15) is 0 Å². The Balaban J connectivity index is 1.34. The fraction of sp³-hybridized carbons (Fsp3) is 0.227. The minimum absolute atomic E-state index is 0.0897. The van der Waals surface area contributed by atoms with Gasteiger partial charge in [-0.1, -0.05) is 35.3 Å². The highest BCUT2D eigenvalue weighted by Gasteiger charge is 2.15. The molecule has 0 aliphatic carbocycles. The molecule has 0 unspecified atom stereocenters. The first kappa shape index (κ1) is 22.7. The number of rotatable bonds is 6. The van der Waals surface area contributed by atoms with Crippen molar-refractivity contribution in [2.24, 2.45) is 0 Å². The van der Waals surface area contributed by atoms with Gasteiger partial charge in [0.15, 0.2) is 5.13 Å². The third-order valence-electron chi connectivity index (χ3n) is 4.84. The molecule has 1 aromatic heterocycles. The second kappa shape index (κ2) is 10.4. The van der Waals surface area contributed by atoms with Crippen LogP contribution in [-0.4, -0.2) is 54.5 Å². The molecule has 7 nitrogen and oxygen atoms in total. The number of hydrogen-bond acceptors (Lipinski definition) is 6. The third kappa shape index (κ3) is 5.85. The molecule has 2 aromatic carbocycles. The number of hydrogen-bond donors (Lipinski definition) is 2. The Morgan fingerprint density at radius 3 is 2.50 bits per heavy atom. The topological polar surface area (TPSA) is 83.6 Å². The predicted molar refractivity (Wildman–Crippen MR) is 128 cm³/mol. The van der Waals surface area contributed by atoms with Crippen LogP contribution in [0.5, 0.6) is 0 Å². The molecule has 1 aliphatic rings. The van der Waals surface area contributed by atoms with E-state index in [-0.39, 0.29) is 11.8 Å². The monoisotopic (exact) mass is 490 g/mol. The van der Waals surface area contributed by atoms with Crippen molar-refractivity contribution in [1.29, 1.82) is 0 Å². The summed E-state index contributed by atoms with van der Waals surface area (Å²) < 4.78 is 5.30. The molecule has 2 amide bonds. The van der Waals surface area contributed by atoms with Gasteiger partial charge in [-0.15, -0.1) is 11.3 Å². The van der Waals surface area contributed by atoms with E-state index in [0.717, 1.165) is 24.3 Å². The van der Waals surface area contributed by atoms with Crippen LogP contribution >= 0.6 is 34.5 Å². The lowest BCUT2D eigenvalue weighted by molar-refractivity contribution is -0.118. The van der Waals surface area contributed by atoms with Gasteiger partial charge in [-0.05, 0) is 30.3 Å². The van der Waals surface area contributed by atoms with E-state index in [4.69, 9.17) is 27.9 Å². The zero-order valence-corrected chi connectivity index (χ0v) is 19.3. The first-order chi connectivity index (χ1) is 15.5. The maximum Gasteiger partial charge on any atom is 0.255 e. The molecule has 0 spiro atoms. The number of carbonyl (C=O) groups excluding carboxylic acids is 2. The number of thiazole rings is 1. The molecule has 0 bridgehead atoms. The second-order valence-corrected chi connectivity index (χ2v) is 8.81. The van der Waals surface area contributed by atoms with Crippen LogP contribution in [0.25, 0.3) is 11.3 Å². The number of carbonyl (C=O) groups is 2. The van der Waals surface area contributed by atoms with Gasteiger partial charge in [-0.3, -0.25) is 14.5 Å². The number of halogens is 2. The third-order valence-corrected chi connectivity index (χ3v) is 6.34. The van der Waals surface area contributed by atoms with Gasteiger partial charge in [0.25, 0.3) is 5.91 Å². The summed E-state index contributed by atoms with van der Waals surface area (Å²) in [5, 5.41) is 8.83. The van der Waals surface area contributed by atoms with Crippen molar-refractivity contribution < 1.29 is 14.3 Å². The Morgan fingerprint density at radius 1 is 1.03 bits per heavy atom. The van der Waals surface area contributed by atoms with Crippen LogP contribution in [0.3, 0.4) is 0 Å². The van der Waals surface area contributed by atoms with Gasteiger partial charge < -0.3 is 15.4 Å². The number of ether oxygens (including phenoxy) is 1. The Labute approximate surface area is 199 Å². The SMILES string of the molecule is O=C(CN1CCOCC1)Nc1nc(-c2ccc(NC(=O)c3ccc(Cl)c(Cl)c3)cc2)cs1. The molecular weight excluding hydrogens is 471 g/mol. The van der Waals surface area contributed by atoms with E-state index in [1.807, 2.05) is 17.5 Å². The Hall–Kier alpha value is -2.49. The van der Waals surface area contributed by atoms with E-state index >= 15 is 0 Å². The normalized spacial score (nSPS) is 14.2. The van der Waals surface area contributed by atoms with E-state index in [1.54, 1.807) is 24.3 Å². The Morgan fingerprint density at radius 2 is 1.78 bits per heavy atom. The number of nitrogens with zero attached hydrogens (tertiary/aromatic N) is 2. The number of nitrogens with one attached hydrogen (secondary N) is 2. The van der Waals surface area contributed by atoms with Crippen LogP contribution in [0.4, 0.5) is 10.8 Å². The van der Waals surface area contributed by atoms with E-state index in [9.17, 15) is 9.59 Å². The molecule has 0 saturated carbocycles. The van der Waals surface area contributed by atoms with E-state index in [1.165, 1.54) is 17.4 Å². The summed E-state index contributed by atoms with van der Waals surface area (Å²) in [7, 11) is 0. The molecule has 3 aromatic rings. The summed E-state index contributed by atoms with van der Waals surface area (Å²) in [5.74, 6) is -0.372. The van der Waals surface area contributed by atoms with Gasteiger partial charge in [0.05, 0.1) is 35.5 Å². The standard InChI is InChI=1S/C22H20Cl2N4O3S/c23-17-6-3-15(11-18(17)24)21(30)25-16-4-1-14(2-5-16)19-13-32-22(26-19)27-20(29)12-28-7-9-31-10-8-28/h1-6,11,13H,7-10,12H2,(H,25,30)(H,26,27,29). The molecule has 166 valence electrons. The maximum atomic E-state index is 12.4. The summed E-state index contributed by atoms with van der Waals surface area (Å²) in [5.41, 5.74) is 2.68. The molecule has 10 heteroatoms. The quantitative estimate of drug-likeness (QED) is 0.525. The largest absolute Gasteiger partial charge is 0.379 e. The van der Waals surface area contributed by atoms with Crippen molar-refractivity contribution in [3.8, 4) is 11.3 Å². The molecule has 2 heterocycles. The summed E-state index contributed by atoms with van der Waals surface area (Å²) in [6.07, 6.45) is 0. The number of benzene rings is 2. The van der Waals surface area contributed by atoms with Crippen LogP contribution in [0.1, 0.15) is 10.4 Å². The van der Waals surface area contributed by atoms with Gasteiger partial charge in [0, 0.05) is 35.3 Å². The predicted octanol–water partition coefficient (Wildman–Crippen LogP) is 4.64. The highest BCUT2D eigenvalue weighted by Crippen LogP contribution is 2.27. The summed E-state index contributed by atoms with van der Waals surface area (Å²) in [6.45, 7) is 3.14. The van der Waals surface area contributed by atoms with Crippen molar-refractivity contribution in [2.45, 2.75) is 0 Å². The number of anilines is 2. The molecule has 4 rings (SSSR count). The average Bonchev–Trinajstić information content (AvgIpc) is 3.25. The Bertz CT molecular complexity index is 1110. The molecule has 2 N–H and O–H groups in total. The van der Waals surface area contributed by atoms with Crippen molar-refractivity contribution in [3.63, 3.8) is 0 Å². The summed E-state index contributed by atoms with van der Waals surface area (Å²) in [4.78, 5) is 31.2. The number of morpholine rings is 1. The van der Waals surface area contributed by atoms with Crippen molar-refractivity contribution in [2.75, 3.05) is 43.5 Å². The zero-order valence-electron chi connectivity index (χ0n) is 16.9. The molecule has 0 radical (unpaired) electrons. The van der Waals surface area contributed by atoms with Crippen LogP contribution < -0.4 is 10.6 Å². The highest BCUT2D eigenvalue weighted by atomic mass is 35.5. The molecular formula is C22H20Cl2N4O3S. The highest BCUT2D eigenvalue weighted by molar-refractivity contribution is 7.14. The van der Waals surface area contributed by atoms with Crippen LogP contribution in [0.15, 0.2) is 47.8 Å². The first-order valence-corrected chi connectivity index (χ1v) is 11.5. The van der Waals surface area contributed by atoms with Gasteiger partial charge in [0.2, 0.25) is 5.91 Å². The fourth-order valence-corrected chi connectivity index (χ4v) is 4.18. The minimum Gasteiger partial charge on any atom is -0.379 e. The second-order valence-electron chi connectivity index (χ2n) is 7.13. The Kier molecular flexibility index (Phi) is 7.39. The molecule has 32 heavy (non-hydrogen) atoms. The first-order valence-electron chi connectivity index (χ1n) is 9.90. The summed E-state index contributed by atoms with van der Waals surface area (Å²) in [6, 6.07) is 12.0. The van der Waals surface area contributed by atoms with Crippen LogP contribution in [0, 0.1) is 0 Å². The van der Waals surface area contributed by atoms with Crippen LogP contribution in [0.2, 0.25) is 10.0 Å². The van der Waals surface area contributed by atoms with E-state index in [0.29, 0.717) is 46.2 Å². The van der Waals surface area contributed by atoms with Crippen molar-refractivity contribution in [1.82, 2.24) is 9.88 Å². The number of amides is 2. The summed E-state index contributed by atoms with van der Waals surface area (Å²) >= 11 is 13.2. The van der Waals surface area contributed by atoms with Crippen molar-refractivity contribution >= 4 is 57.2 Å². The van der Waals surface area contributed by atoms with E-state index in [2.05, 4.69) is 20.5 Å². The van der Waals surface area contributed by atoms with Gasteiger partial charge in [-0.25, -0.2) is 4.98 Å². The smallest absolute Gasteiger partial charge is 0.255 e. The van der Waals surface area contributed by atoms with Gasteiger partial charge >= 0.3 is 0 Å².